The van der Waals surface area contributed by atoms with Gasteiger partial charge in [0.15, 0.2) is 11.5 Å². The van der Waals surface area contributed by atoms with E-state index in [9.17, 15) is 9.59 Å². The van der Waals surface area contributed by atoms with Crippen LogP contribution in [0.25, 0.3) is 17.1 Å². The third kappa shape index (κ3) is 3.56. The van der Waals surface area contributed by atoms with Crippen LogP contribution in [0.2, 0.25) is 0 Å². The summed E-state index contributed by atoms with van der Waals surface area (Å²) in [6, 6.07) is 14.3. The first-order valence-electron chi connectivity index (χ1n) is 9.34. The third-order valence-corrected chi connectivity index (χ3v) is 5.01. The Morgan fingerprint density at radius 1 is 1.17 bits per heavy atom. The monoisotopic (exact) mass is 391 g/mol. The van der Waals surface area contributed by atoms with Gasteiger partial charge in [0.05, 0.1) is 19.0 Å². The molecule has 0 unspecified atom stereocenters. The maximum absolute atomic E-state index is 13.1. The minimum Gasteiger partial charge on any atom is -0.495 e. The zero-order chi connectivity index (χ0) is 20.4. The van der Waals surface area contributed by atoms with E-state index in [0.29, 0.717) is 24.5 Å². The summed E-state index contributed by atoms with van der Waals surface area (Å²) in [6.45, 7) is 0.487. The summed E-state index contributed by atoms with van der Waals surface area (Å²) >= 11 is 0. The Labute approximate surface area is 167 Å². The number of benzene rings is 1. The predicted octanol–water partition coefficient (Wildman–Crippen LogP) is 2.03. The van der Waals surface area contributed by atoms with Crippen molar-refractivity contribution in [1.29, 1.82) is 0 Å². The molecule has 2 amide bonds. The molecule has 1 fully saturated rings. The number of amides is 2. The number of nitrogens with two attached hydrogens (primary N) is 1. The molecule has 8 nitrogen and oxygen atoms in total. The van der Waals surface area contributed by atoms with Crippen molar-refractivity contribution in [1.82, 2.24) is 19.7 Å². The van der Waals surface area contributed by atoms with E-state index in [2.05, 4.69) is 10.1 Å². The highest BCUT2D eigenvalue weighted by molar-refractivity contribution is 5.97. The van der Waals surface area contributed by atoms with E-state index >= 15 is 0 Å². The Morgan fingerprint density at radius 2 is 1.97 bits per heavy atom. The van der Waals surface area contributed by atoms with Crippen LogP contribution >= 0.6 is 0 Å². The van der Waals surface area contributed by atoms with Gasteiger partial charge in [-0.15, -0.1) is 0 Å². The lowest BCUT2D eigenvalue weighted by atomic mass is 10.1. The standard InChI is InChI=1S/C21H21N5O3/c1-29-15-9-10-19(23-13-15)26-18(14-6-3-2-4-7-14)12-16(24-26)21(28)25-11-5-8-17(25)20(22)27/h2-4,6-7,9-10,12-13,17H,5,8,11H2,1H3,(H2,22,27)/t17-/m0/s1. The second kappa shape index (κ2) is 7.75. The van der Waals surface area contributed by atoms with Crippen LogP contribution in [-0.2, 0) is 4.79 Å². The largest absolute Gasteiger partial charge is 0.495 e. The van der Waals surface area contributed by atoms with Gasteiger partial charge in [-0.3, -0.25) is 9.59 Å². The van der Waals surface area contributed by atoms with Gasteiger partial charge in [0.1, 0.15) is 11.8 Å². The van der Waals surface area contributed by atoms with Gasteiger partial charge in [-0.2, -0.15) is 5.10 Å². The Morgan fingerprint density at radius 3 is 2.62 bits per heavy atom. The molecule has 3 aromatic rings. The maximum Gasteiger partial charge on any atom is 0.275 e. The van der Waals surface area contributed by atoms with Crippen molar-refractivity contribution < 1.29 is 14.3 Å². The van der Waals surface area contributed by atoms with Gasteiger partial charge in [-0.25, -0.2) is 9.67 Å². The fraction of sp³-hybridized carbons (Fsp3) is 0.238. The van der Waals surface area contributed by atoms with Crippen molar-refractivity contribution in [2.24, 2.45) is 5.73 Å². The molecule has 1 aliphatic heterocycles. The topological polar surface area (TPSA) is 103 Å². The summed E-state index contributed by atoms with van der Waals surface area (Å²) in [5.41, 5.74) is 7.33. The number of carbonyl (C=O) groups is 2. The molecule has 1 saturated heterocycles. The molecule has 1 aliphatic rings. The molecule has 1 aromatic carbocycles. The molecule has 8 heteroatoms. The van der Waals surface area contributed by atoms with Crippen LogP contribution < -0.4 is 10.5 Å². The molecule has 148 valence electrons. The fourth-order valence-corrected chi connectivity index (χ4v) is 3.55. The molecule has 1 atom stereocenters. The molecule has 0 spiro atoms. The van der Waals surface area contributed by atoms with Crippen LogP contribution in [0.5, 0.6) is 5.75 Å². The minimum absolute atomic E-state index is 0.245. The average Bonchev–Trinajstić information content (AvgIpc) is 3.42. The lowest BCUT2D eigenvalue weighted by Crippen LogP contribution is -2.43. The molecule has 2 aromatic heterocycles. The van der Waals surface area contributed by atoms with Crippen molar-refractivity contribution in [2.45, 2.75) is 18.9 Å². The molecule has 0 saturated carbocycles. The molecule has 4 rings (SSSR count). The van der Waals surface area contributed by atoms with Crippen LogP contribution in [0.15, 0.2) is 54.7 Å². The Kier molecular flexibility index (Phi) is 4.99. The number of nitrogens with zero attached hydrogens (tertiary/aromatic N) is 4. The van der Waals surface area contributed by atoms with Gasteiger partial charge in [0, 0.05) is 12.1 Å². The van der Waals surface area contributed by atoms with Crippen molar-refractivity contribution in [2.75, 3.05) is 13.7 Å². The van der Waals surface area contributed by atoms with E-state index < -0.39 is 11.9 Å². The number of methoxy groups -OCH3 is 1. The van der Waals surface area contributed by atoms with Crippen molar-refractivity contribution in [3.63, 3.8) is 0 Å². The number of aromatic nitrogens is 3. The Balaban J connectivity index is 1.77. The SMILES string of the molecule is COc1ccc(-n2nc(C(=O)N3CCC[C@H]3C(N)=O)cc2-c2ccccc2)nc1. The highest BCUT2D eigenvalue weighted by Crippen LogP contribution is 2.26. The molecular formula is C21H21N5O3. The minimum atomic E-state index is -0.591. The molecule has 3 heterocycles. The Bertz CT molecular complexity index is 1030. The van der Waals surface area contributed by atoms with Gasteiger partial charge < -0.3 is 15.4 Å². The molecule has 2 N–H and O–H groups in total. The molecule has 29 heavy (non-hydrogen) atoms. The van der Waals surface area contributed by atoms with Crippen LogP contribution in [0, 0.1) is 0 Å². The van der Waals surface area contributed by atoms with E-state index in [1.165, 1.54) is 4.90 Å². The molecule has 0 bridgehead atoms. The number of carbonyl (C=O) groups excluding carboxylic acids is 2. The van der Waals surface area contributed by atoms with Gasteiger partial charge in [-0.05, 0) is 31.0 Å². The van der Waals surface area contributed by atoms with Crippen LogP contribution in [0.4, 0.5) is 0 Å². The van der Waals surface area contributed by atoms with E-state index in [4.69, 9.17) is 10.5 Å². The zero-order valence-electron chi connectivity index (χ0n) is 16.0. The third-order valence-electron chi connectivity index (χ3n) is 5.01. The van der Waals surface area contributed by atoms with Crippen LogP contribution in [-0.4, -0.2) is 51.2 Å². The maximum atomic E-state index is 13.1. The van der Waals surface area contributed by atoms with Crippen molar-refractivity contribution in [3.05, 3.63) is 60.4 Å². The normalized spacial score (nSPS) is 16.0. The average molecular weight is 391 g/mol. The summed E-state index contributed by atoms with van der Waals surface area (Å²) < 4.78 is 6.79. The molecule has 0 aliphatic carbocycles. The summed E-state index contributed by atoms with van der Waals surface area (Å²) in [5.74, 6) is 0.377. The molecule has 0 radical (unpaired) electrons. The fourth-order valence-electron chi connectivity index (χ4n) is 3.55. The number of hydrogen-bond donors (Lipinski definition) is 1. The first-order chi connectivity index (χ1) is 14.1. The van der Waals surface area contributed by atoms with Crippen LogP contribution in [0.1, 0.15) is 23.3 Å². The highest BCUT2D eigenvalue weighted by Gasteiger charge is 2.34. The number of primary amides is 1. The smallest absolute Gasteiger partial charge is 0.275 e. The van der Waals surface area contributed by atoms with Crippen molar-refractivity contribution in [3.8, 4) is 22.8 Å². The summed E-state index contributed by atoms with van der Waals surface area (Å²) in [6.07, 6.45) is 2.91. The van der Waals surface area contributed by atoms with E-state index in [1.807, 2.05) is 30.3 Å². The first kappa shape index (κ1) is 18.7. The lowest BCUT2D eigenvalue weighted by molar-refractivity contribution is -0.121. The van der Waals surface area contributed by atoms with Gasteiger partial charge in [0.2, 0.25) is 5.91 Å². The molecular weight excluding hydrogens is 370 g/mol. The first-order valence-corrected chi connectivity index (χ1v) is 9.34. The summed E-state index contributed by atoms with van der Waals surface area (Å²) in [5, 5.41) is 4.52. The second-order valence-corrected chi connectivity index (χ2v) is 6.81. The number of ether oxygens (including phenoxy) is 1. The van der Waals surface area contributed by atoms with Crippen LogP contribution in [0.3, 0.4) is 0 Å². The number of rotatable bonds is 5. The van der Waals surface area contributed by atoms with E-state index in [0.717, 1.165) is 17.7 Å². The van der Waals surface area contributed by atoms with Crippen molar-refractivity contribution >= 4 is 11.8 Å². The van der Waals surface area contributed by atoms with Gasteiger partial charge in [0.25, 0.3) is 5.91 Å². The lowest BCUT2D eigenvalue weighted by Gasteiger charge is -2.20. The predicted molar refractivity (Wildman–Crippen MR) is 107 cm³/mol. The summed E-state index contributed by atoms with van der Waals surface area (Å²) in [7, 11) is 1.57. The highest BCUT2D eigenvalue weighted by atomic mass is 16.5. The van der Waals surface area contributed by atoms with Gasteiger partial charge in [-0.1, -0.05) is 30.3 Å². The number of hydrogen-bond acceptors (Lipinski definition) is 5. The Hall–Kier alpha value is -3.68. The zero-order valence-corrected chi connectivity index (χ0v) is 16.0. The number of pyridine rings is 1. The number of likely N-dealkylation sites (tertiary alicyclic amines) is 1. The summed E-state index contributed by atoms with van der Waals surface area (Å²) in [4.78, 5) is 30.7. The quantitative estimate of drug-likeness (QED) is 0.717. The van der Waals surface area contributed by atoms with Gasteiger partial charge >= 0.3 is 0 Å². The van der Waals surface area contributed by atoms with E-state index in [-0.39, 0.29) is 11.6 Å². The second-order valence-electron chi connectivity index (χ2n) is 6.81. The van der Waals surface area contributed by atoms with E-state index in [1.54, 1.807) is 36.2 Å².